The van der Waals surface area contributed by atoms with Gasteiger partial charge in [-0.15, -0.1) is 0 Å². The molecule has 0 atom stereocenters. The van der Waals surface area contributed by atoms with Crippen molar-refractivity contribution in [3.05, 3.63) is 66.2 Å². The van der Waals surface area contributed by atoms with Gasteiger partial charge < -0.3 is 10.6 Å². The molecule has 144 valence electrons. The lowest BCUT2D eigenvalue weighted by Gasteiger charge is -2.23. The first-order valence-electron chi connectivity index (χ1n) is 9.61. The van der Waals surface area contributed by atoms with Crippen molar-refractivity contribution in [1.29, 1.82) is 0 Å². The van der Waals surface area contributed by atoms with E-state index in [1.165, 1.54) is 37.5 Å². The molecule has 1 aliphatic rings. The van der Waals surface area contributed by atoms with Gasteiger partial charge in [-0.05, 0) is 25.0 Å². The van der Waals surface area contributed by atoms with Gasteiger partial charge in [0.15, 0.2) is 0 Å². The number of hydrogen-bond acceptors (Lipinski definition) is 4. The molecule has 1 aromatic heterocycles. The zero-order valence-corrected chi connectivity index (χ0v) is 15.5. The third kappa shape index (κ3) is 4.27. The molecular weight excluding hydrogens is 358 g/mol. The molecule has 4 nitrogen and oxygen atoms in total. The first-order valence-corrected chi connectivity index (χ1v) is 9.61. The first-order chi connectivity index (χ1) is 13.7. The fourth-order valence-corrected chi connectivity index (χ4v) is 3.51. The maximum atomic E-state index is 14.1. The minimum atomic E-state index is -0.665. The average Bonchev–Trinajstić information content (AvgIpc) is 2.72. The van der Waals surface area contributed by atoms with Gasteiger partial charge in [0.1, 0.15) is 23.1 Å². The van der Waals surface area contributed by atoms with E-state index in [1.807, 2.05) is 30.3 Å². The van der Waals surface area contributed by atoms with Crippen LogP contribution in [0.15, 0.2) is 54.6 Å². The Morgan fingerprint density at radius 3 is 2.25 bits per heavy atom. The topological polar surface area (TPSA) is 49.8 Å². The Hall–Kier alpha value is -3.02. The van der Waals surface area contributed by atoms with Crippen LogP contribution >= 0.6 is 0 Å². The molecule has 0 bridgehead atoms. The molecule has 1 fully saturated rings. The molecule has 1 heterocycles. The predicted molar refractivity (Wildman–Crippen MR) is 108 cm³/mol. The summed E-state index contributed by atoms with van der Waals surface area (Å²) in [4.78, 5) is 9.10. The molecule has 3 aromatic rings. The number of halogens is 2. The maximum absolute atomic E-state index is 14.1. The molecular formula is C22H22F2N4. The van der Waals surface area contributed by atoms with E-state index >= 15 is 0 Å². The molecule has 0 radical (unpaired) electrons. The fourth-order valence-electron chi connectivity index (χ4n) is 3.51. The lowest BCUT2D eigenvalue weighted by atomic mass is 9.96. The Labute approximate surface area is 163 Å². The Morgan fingerprint density at radius 2 is 1.54 bits per heavy atom. The minimum absolute atomic E-state index is 0.219. The Kier molecular flexibility index (Phi) is 5.46. The third-order valence-corrected chi connectivity index (χ3v) is 4.95. The number of aromatic nitrogens is 2. The number of nitrogens with one attached hydrogen (secondary N) is 2. The van der Waals surface area contributed by atoms with Gasteiger partial charge in [-0.3, -0.25) is 0 Å². The number of anilines is 3. The van der Waals surface area contributed by atoms with Crippen molar-refractivity contribution in [3.8, 4) is 11.3 Å². The highest BCUT2D eigenvalue weighted by Crippen LogP contribution is 2.27. The summed E-state index contributed by atoms with van der Waals surface area (Å²) in [6.07, 6.45) is 5.76. The Balaban J connectivity index is 1.69. The van der Waals surface area contributed by atoms with Crippen molar-refractivity contribution in [2.75, 3.05) is 10.6 Å². The highest BCUT2D eigenvalue weighted by molar-refractivity contribution is 5.67. The molecule has 4 rings (SSSR count). The van der Waals surface area contributed by atoms with Crippen LogP contribution in [-0.4, -0.2) is 16.0 Å². The number of para-hydroxylation sites is 1. The van der Waals surface area contributed by atoms with Gasteiger partial charge in [0.05, 0.1) is 5.69 Å². The standard InChI is InChI=1S/C22H22F2N4/c23-17-12-7-13-18(24)21(17)27-20-14-19(15-8-3-1-4-9-15)26-22(28-20)25-16-10-5-2-6-11-16/h1,3-4,7-9,12-14,16H,2,5-6,10-11H2,(H2,25,26,27,28). The van der Waals surface area contributed by atoms with Crippen molar-refractivity contribution < 1.29 is 8.78 Å². The summed E-state index contributed by atoms with van der Waals surface area (Å²) in [5.41, 5.74) is 1.38. The van der Waals surface area contributed by atoms with Gasteiger partial charge in [0.2, 0.25) is 5.95 Å². The monoisotopic (exact) mass is 380 g/mol. The van der Waals surface area contributed by atoms with Gasteiger partial charge in [-0.25, -0.2) is 13.8 Å². The van der Waals surface area contributed by atoms with Crippen LogP contribution in [-0.2, 0) is 0 Å². The van der Waals surface area contributed by atoms with E-state index in [4.69, 9.17) is 0 Å². The first kappa shape index (κ1) is 18.3. The third-order valence-electron chi connectivity index (χ3n) is 4.95. The molecule has 28 heavy (non-hydrogen) atoms. The SMILES string of the molecule is Fc1cccc(F)c1Nc1cc(-c2ccccc2)nc(NC2CCCCC2)n1. The van der Waals surface area contributed by atoms with E-state index in [0.717, 1.165) is 18.4 Å². The molecule has 0 aliphatic heterocycles. The quantitative estimate of drug-likeness (QED) is 0.578. The highest BCUT2D eigenvalue weighted by atomic mass is 19.1. The summed E-state index contributed by atoms with van der Waals surface area (Å²) in [6.45, 7) is 0. The Bertz CT molecular complexity index is 920. The van der Waals surface area contributed by atoms with Crippen LogP contribution in [0.3, 0.4) is 0 Å². The Morgan fingerprint density at radius 1 is 0.821 bits per heavy atom. The second-order valence-corrected chi connectivity index (χ2v) is 7.03. The van der Waals surface area contributed by atoms with E-state index in [1.54, 1.807) is 6.07 Å². The summed E-state index contributed by atoms with van der Waals surface area (Å²) >= 11 is 0. The number of benzene rings is 2. The zero-order valence-electron chi connectivity index (χ0n) is 15.5. The molecule has 0 spiro atoms. The number of nitrogens with zero attached hydrogens (tertiary/aromatic N) is 2. The summed E-state index contributed by atoms with van der Waals surface area (Å²) < 4.78 is 28.1. The molecule has 0 saturated heterocycles. The van der Waals surface area contributed by atoms with Crippen LogP contribution in [0, 0.1) is 11.6 Å². The van der Waals surface area contributed by atoms with Gasteiger partial charge in [0, 0.05) is 17.7 Å². The van der Waals surface area contributed by atoms with Crippen LogP contribution in [0.1, 0.15) is 32.1 Å². The van der Waals surface area contributed by atoms with Crippen LogP contribution in [0.4, 0.5) is 26.2 Å². The fraction of sp³-hybridized carbons (Fsp3) is 0.273. The normalized spacial score (nSPS) is 14.6. The van der Waals surface area contributed by atoms with E-state index in [9.17, 15) is 8.78 Å². The van der Waals surface area contributed by atoms with Crippen molar-refractivity contribution in [1.82, 2.24) is 9.97 Å². The second-order valence-electron chi connectivity index (χ2n) is 7.03. The summed E-state index contributed by atoms with van der Waals surface area (Å²) in [6, 6.07) is 15.5. The smallest absolute Gasteiger partial charge is 0.225 e. The van der Waals surface area contributed by atoms with Crippen molar-refractivity contribution in [3.63, 3.8) is 0 Å². The summed E-state index contributed by atoms with van der Waals surface area (Å²) in [5.74, 6) is -0.521. The molecule has 0 amide bonds. The molecule has 1 aliphatic carbocycles. The second kappa shape index (κ2) is 8.33. The van der Waals surface area contributed by atoms with Crippen molar-refractivity contribution in [2.24, 2.45) is 0 Å². The van der Waals surface area contributed by atoms with Crippen molar-refractivity contribution in [2.45, 2.75) is 38.1 Å². The summed E-state index contributed by atoms with van der Waals surface area (Å²) in [5, 5.41) is 6.18. The number of hydrogen-bond donors (Lipinski definition) is 2. The van der Waals surface area contributed by atoms with Gasteiger partial charge in [-0.1, -0.05) is 55.7 Å². The lowest BCUT2D eigenvalue weighted by molar-refractivity contribution is 0.461. The van der Waals surface area contributed by atoms with E-state index in [0.29, 0.717) is 23.5 Å². The highest BCUT2D eigenvalue weighted by Gasteiger charge is 2.16. The van der Waals surface area contributed by atoms with Gasteiger partial charge in [-0.2, -0.15) is 4.98 Å². The van der Waals surface area contributed by atoms with E-state index in [2.05, 4.69) is 20.6 Å². The zero-order chi connectivity index (χ0) is 19.3. The molecule has 6 heteroatoms. The summed E-state index contributed by atoms with van der Waals surface area (Å²) in [7, 11) is 0. The molecule has 0 unspecified atom stereocenters. The van der Waals surface area contributed by atoms with E-state index in [-0.39, 0.29) is 5.69 Å². The largest absolute Gasteiger partial charge is 0.351 e. The molecule has 1 saturated carbocycles. The van der Waals surface area contributed by atoms with Crippen molar-refractivity contribution >= 4 is 17.5 Å². The molecule has 2 N–H and O–H groups in total. The van der Waals surface area contributed by atoms with Crippen LogP contribution in [0.5, 0.6) is 0 Å². The number of rotatable bonds is 5. The maximum Gasteiger partial charge on any atom is 0.225 e. The van der Waals surface area contributed by atoms with Crippen LogP contribution in [0.25, 0.3) is 11.3 Å². The van der Waals surface area contributed by atoms with Crippen LogP contribution < -0.4 is 10.6 Å². The predicted octanol–water partition coefficient (Wildman–Crippen LogP) is 5.91. The van der Waals surface area contributed by atoms with Gasteiger partial charge in [0.25, 0.3) is 0 Å². The lowest BCUT2D eigenvalue weighted by Crippen LogP contribution is -2.23. The average molecular weight is 380 g/mol. The van der Waals surface area contributed by atoms with Gasteiger partial charge >= 0.3 is 0 Å². The van der Waals surface area contributed by atoms with Crippen LogP contribution in [0.2, 0.25) is 0 Å². The van der Waals surface area contributed by atoms with E-state index < -0.39 is 11.6 Å². The molecule has 2 aromatic carbocycles. The minimum Gasteiger partial charge on any atom is -0.351 e.